The fourth-order valence-corrected chi connectivity index (χ4v) is 5.38. The molecule has 9 nitrogen and oxygen atoms in total. The number of ether oxygens (including phenoxy) is 1. The zero-order chi connectivity index (χ0) is 24.4. The van der Waals surface area contributed by atoms with Crippen LogP contribution in [0, 0.1) is 5.92 Å². The highest BCUT2D eigenvalue weighted by molar-refractivity contribution is 8.24. The van der Waals surface area contributed by atoms with Crippen LogP contribution in [0.4, 0.5) is 5.69 Å². The molecule has 0 aliphatic carbocycles. The van der Waals surface area contributed by atoms with Gasteiger partial charge in [-0.25, -0.2) is 0 Å². The summed E-state index contributed by atoms with van der Waals surface area (Å²) in [7, 11) is -3.35. The molecule has 1 atom stereocenters. The second-order valence-corrected chi connectivity index (χ2v) is 10.1. The number of carbonyl (C=O) groups is 1. The molecule has 182 valence electrons. The van der Waals surface area contributed by atoms with E-state index < -0.39 is 11.0 Å². The normalized spacial score (nSPS) is 19.7. The van der Waals surface area contributed by atoms with Gasteiger partial charge in [0.2, 0.25) is 0 Å². The number of benzene rings is 2. The van der Waals surface area contributed by atoms with Crippen LogP contribution in [0.3, 0.4) is 0 Å². The first-order chi connectivity index (χ1) is 16.9. The lowest BCUT2D eigenvalue weighted by atomic mass is 9.97. The Morgan fingerprint density at radius 1 is 1.14 bits per heavy atom. The third kappa shape index (κ3) is 5.09. The predicted molar refractivity (Wildman–Crippen MR) is 137 cm³/mol. The molecule has 3 aromatic rings. The summed E-state index contributed by atoms with van der Waals surface area (Å²) in [6.07, 6.45) is 5.31. The van der Waals surface area contributed by atoms with E-state index >= 15 is 0 Å². The first-order valence-corrected chi connectivity index (χ1v) is 12.9. The number of amidine groups is 1. The molecule has 1 fully saturated rings. The Labute approximate surface area is 205 Å². The number of pyridine rings is 1. The average molecular weight is 494 g/mol. The van der Waals surface area contributed by atoms with Crippen molar-refractivity contribution in [3.63, 3.8) is 0 Å². The number of piperidine rings is 1. The monoisotopic (exact) mass is 493 g/mol. The summed E-state index contributed by atoms with van der Waals surface area (Å²) in [5, 5.41) is 0. The topological polar surface area (TPSA) is 133 Å². The number of nitrogens with zero attached hydrogens (tertiary/aromatic N) is 3. The molecule has 2 aromatic carbocycles. The van der Waals surface area contributed by atoms with Gasteiger partial charge in [0, 0.05) is 37.0 Å². The van der Waals surface area contributed by atoms with E-state index in [-0.39, 0.29) is 17.7 Å². The van der Waals surface area contributed by atoms with Gasteiger partial charge in [-0.15, -0.1) is 4.40 Å². The lowest BCUT2D eigenvalue weighted by Crippen LogP contribution is -2.41. The fourth-order valence-electron chi connectivity index (χ4n) is 4.51. The first-order valence-electron chi connectivity index (χ1n) is 11.4. The second kappa shape index (κ2) is 9.57. The molecule has 5 rings (SSSR count). The third-order valence-electron chi connectivity index (χ3n) is 6.16. The van der Waals surface area contributed by atoms with Gasteiger partial charge in [-0.1, -0.05) is 18.2 Å². The maximum atomic E-state index is 13.3. The number of nitrogens with two attached hydrogens (primary N) is 1. The summed E-state index contributed by atoms with van der Waals surface area (Å²) >= 11 is 0. The van der Waals surface area contributed by atoms with Gasteiger partial charge in [0.05, 0.1) is 17.9 Å². The lowest BCUT2D eigenvalue weighted by molar-refractivity contribution is 0.0633. The summed E-state index contributed by atoms with van der Waals surface area (Å²) in [5.74, 6) is 0.694. The number of hydrogen-bond donors (Lipinski definition) is 4. The van der Waals surface area contributed by atoms with Crippen LogP contribution in [0.1, 0.15) is 28.8 Å². The minimum atomic E-state index is -3.35. The van der Waals surface area contributed by atoms with E-state index in [4.69, 9.17) is 10.5 Å². The van der Waals surface area contributed by atoms with Crippen molar-refractivity contribution >= 4 is 28.4 Å². The maximum Gasteiger partial charge on any atom is 0.253 e. The summed E-state index contributed by atoms with van der Waals surface area (Å²) in [6.45, 7) is 1.70. The van der Waals surface area contributed by atoms with Gasteiger partial charge in [0.15, 0.2) is 5.84 Å². The summed E-state index contributed by atoms with van der Waals surface area (Å²) < 4.78 is 32.1. The van der Waals surface area contributed by atoms with Gasteiger partial charge in [-0.05, 0) is 71.3 Å². The van der Waals surface area contributed by atoms with Crippen LogP contribution in [-0.4, -0.2) is 50.4 Å². The number of amides is 1. The number of hydrogen-bond acceptors (Lipinski definition) is 8. The van der Waals surface area contributed by atoms with E-state index in [1.165, 1.54) is 0 Å². The molecule has 1 aromatic heterocycles. The Morgan fingerprint density at radius 3 is 2.77 bits per heavy atom. The molecular weight excluding hydrogens is 466 g/mol. The maximum absolute atomic E-state index is 13.3. The molecule has 1 saturated heterocycles. The van der Waals surface area contributed by atoms with Crippen LogP contribution in [0.5, 0.6) is 5.75 Å². The molecule has 2 aliphatic rings. The van der Waals surface area contributed by atoms with Gasteiger partial charge >= 0.3 is 0 Å². The average Bonchev–Trinajstić information content (AvgIpc) is 2.87. The first kappa shape index (κ1) is 23.2. The summed E-state index contributed by atoms with van der Waals surface area (Å²) in [6, 6.07) is 16.7. The Bertz CT molecular complexity index is 1270. The van der Waals surface area contributed by atoms with Gasteiger partial charge in [-0.3, -0.25) is 23.6 Å². The molecule has 0 radical (unpaired) electrons. The minimum Gasteiger partial charge on any atom is -0.492 e. The van der Waals surface area contributed by atoms with Crippen molar-refractivity contribution in [2.75, 3.05) is 24.4 Å². The van der Waals surface area contributed by atoms with Crippen molar-refractivity contribution in [1.29, 1.82) is 0 Å². The predicted octanol–water partition coefficient (Wildman–Crippen LogP) is 4.39. The minimum absolute atomic E-state index is 0.00785. The van der Waals surface area contributed by atoms with Crippen LogP contribution in [0.15, 0.2) is 71.4 Å². The third-order valence-corrected chi connectivity index (χ3v) is 7.10. The van der Waals surface area contributed by atoms with Crippen LogP contribution in [0.2, 0.25) is 0 Å². The molecule has 0 spiro atoms. The van der Waals surface area contributed by atoms with Crippen LogP contribution in [0.25, 0.3) is 11.1 Å². The summed E-state index contributed by atoms with van der Waals surface area (Å²) in [5.41, 5.74) is 9.62. The Balaban J connectivity index is 1.26. The van der Waals surface area contributed by atoms with E-state index in [0.29, 0.717) is 42.3 Å². The van der Waals surface area contributed by atoms with Crippen molar-refractivity contribution in [2.45, 2.75) is 12.8 Å². The molecule has 0 bridgehead atoms. The number of fused-ring (bicyclic) bond motifs is 1. The SMILES string of the molecule is NC1=NS(O)(O)Nc2cccc(OCC3CCCN(C(=O)c4cccc(-c5ccncc5)c4)C3)c21. The Morgan fingerprint density at radius 2 is 1.94 bits per heavy atom. The molecule has 10 heteroatoms. The van der Waals surface area contributed by atoms with E-state index in [0.717, 1.165) is 24.0 Å². The Hall–Kier alpha value is -3.60. The van der Waals surface area contributed by atoms with Crippen LogP contribution >= 0.6 is 11.0 Å². The highest BCUT2D eigenvalue weighted by Gasteiger charge is 2.28. The zero-order valence-corrected chi connectivity index (χ0v) is 19.8. The highest BCUT2D eigenvalue weighted by atomic mass is 32.3. The molecular formula is C25H27N5O4S. The molecule has 2 aliphatic heterocycles. The number of carbonyl (C=O) groups excluding carboxylic acids is 1. The zero-order valence-electron chi connectivity index (χ0n) is 19.0. The van der Waals surface area contributed by atoms with Gasteiger partial charge in [0.1, 0.15) is 5.75 Å². The lowest BCUT2D eigenvalue weighted by Gasteiger charge is -2.34. The number of rotatable bonds is 5. The molecule has 5 N–H and O–H groups in total. The van der Waals surface area contributed by atoms with Crippen molar-refractivity contribution in [3.05, 3.63) is 78.1 Å². The van der Waals surface area contributed by atoms with Gasteiger partial charge < -0.3 is 15.4 Å². The molecule has 1 amide bonds. The van der Waals surface area contributed by atoms with Crippen molar-refractivity contribution in [2.24, 2.45) is 16.0 Å². The van der Waals surface area contributed by atoms with E-state index in [1.54, 1.807) is 30.6 Å². The van der Waals surface area contributed by atoms with Gasteiger partial charge in [-0.2, -0.15) is 0 Å². The van der Waals surface area contributed by atoms with Gasteiger partial charge in [0.25, 0.3) is 5.91 Å². The molecule has 35 heavy (non-hydrogen) atoms. The molecule has 0 saturated carbocycles. The number of likely N-dealkylation sites (tertiary alicyclic amines) is 1. The number of aromatic nitrogens is 1. The number of nitrogens with one attached hydrogen (secondary N) is 1. The van der Waals surface area contributed by atoms with Crippen LogP contribution < -0.4 is 15.2 Å². The smallest absolute Gasteiger partial charge is 0.253 e. The van der Waals surface area contributed by atoms with Crippen molar-refractivity contribution in [1.82, 2.24) is 9.88 Å². The molecule has 1 unspecified atom stereocenters. The van der Waals surface area contributed by atoms with E-state index in [2.05, 4.69) is 14.1 Å². The Kier molecular flexibility index (Phi) is 6.33. The summed E-state index contributed by atoms with van der Waals surface area (Å²) in [4.78, 5) is 19.2. The van der Waals surface area contributed by atoms with Crippen molar-refractivity contribution in [3.8, 4) is 16.9 Å². The van der Waals surface area contributed by atoms with E-state index in [1.807, 2.05) is 41.3 Å². The fraction of sp³-hybridized carbons (Fsp3) is 0.240. The largest absolute Gasteiger partial charge is 0.492 e. The molecule has 3 heterocycles. The van der Waals surface area contributed by atoms with Crippen LogP contribution in [-0.2, 0) is 0 Å². The second-order valence-electron chi connectivity index (χ2n) is 8.66. The number of anilines is 1. The van der Waals surface area contributed by atoms with Crippen molar-refractivity contribution < 1.29 is 18.6 Å². The standard InChI is InChI=1S/C25H27N5O4S/c26-24-23-21(28-35(32,33)29-24)7-2-8-22(23)34-16-17-4-3-13-30(15-17)25(31)20-6-1-5-19(14-20)18-9-11-27-12-10-18/h1-2,5-12,14,17,28,32-33H,3-4,13,15-16H2,(H2,26,29). The highest BCUT2D eigenvalue weighted by Crippen LogP contribution is 2.46. The quantitative estimate of drug-likeness (QED) is 0.414. The van der Waals surface area contributed by atoms with E-state index in [9.17, 15) is 13.9 Å².